The van der Waals surface area contributed by atoms with Crippen LogP contribution < -0.4 is 4.74 Å². The number of aliphatic hydroxyl groups excluding tert-OH is 1. The molecule has 1 aromatic carbocycles. The van der Waals surface area contributed by atoms with E-state index in [1.54, 1.807) is 0 Å². The van der Waals surface area contributed by atoms with Gasteiger partial charge in [-0.3, -0.25) is 0 Å². The Balaban J connectivity index is 3.48. The molecule has 2 heteroatoms. The minimum atomic E-state index is -0.420. The molecule has 26 heavy (non-hydrogen) atoms. The first-order valence-electron chi connectivity index (χ1n) is 10.4. The monoisotopic (exact) mass is 362 g/mol. The second-order valence-electron chi connectivity index (χ2n) is 9.91. The van der Waals surface area contributed by atoms with Crippen LogP contribution in [0.5, 0.6) is 5.75 Å². The maximum atomic E-state index is 10.9. The highest BCUT2D eigenvalue weighted by atomic mass is 16.5. The van der Waals surface area contributed by atoms with Gasteiger partial charge in [-0.25, -0.2) is 0 Å². The second kappa shape index (κ2) is 9.26. The lowest BCUT2D eigenvalue weighted by Crippen LogP contribution is -2.21. The molecule has 0 saturated carbocycles. The van der Waals surface area contributed by atoms with E-state index < -0.39 is 6.10 Å². The number of hydrogen-bond acceptors (Lipinski definition) is 2. The molecule has 0 aromatic heterocycles. The third-order valence-corrected chi connectivity index (χ3v) is 5.18. The number of benzene rings is 1. The number of hydrogen-bond donors (Lipinski definition) is 1. The zero-order valence-corrected chi connectivity index (χ0v) is 18.7. The third-order valence-electron chi connectivity index (χ3n) is 5.18. The molecule has 0 amide bonds. The van der Waals surface area contributed by atoms with E-state index >= 15 is 0 Å². The van der Waals surface area contributed by atoms with Crippen molar-refractivity contribution >= 4 is 0 Å². The Morgan fingerprint density at radius 3 is 1.85 bits per heavy atom. The predicted octanol–water partition coefficient (Wildman–Crippen LogP) is 6.93. The summed E-state index contributed by atoms with van der Waals surface area (Å²) in [7, 11) is 0. The van der Waals surface area contributed by atoms with E-state index in [9.17, 15) is 5.11 Å². The summed E-state index contributed by atoms with van der Waals surface area (Å²) in [5.74, 6) is 1.54. The van der Waals surface area contributed by atoms with Gasteiger partial charge in [0.1, 0.15) is 5.75 Å². The average Bonchev–Trinajstić information content (AvgIpc) is 2.52. The van der Waals surface area contributed by atoms with Gasteiger partial charge in [-0.05, 0) is 47.3 Å². The lowest BCUT2D eigenvalue weighted by molar-refractivity contribution is 0.146. The van der Waals surface area contributed by atoms with Crippen molar-refractivity contribution in [1.82, 2.24) is 0 Å². The van der Waals surface area contributed by atoms with Crippen molar-refractivity contribution in [3.63, 3.8) is 0 Å². The minimum absolute atomic E-state index is 0.0341. The first-order valence-corrected chi connectivity index (χ1v) is 10.4. The molecule has 2 atom stereocenters. The maximum absolute atomic E-state index is 10.9. The first-order chi connectivity index (χ1) is 11.9. The van der Waals surface area contributed by atoms with Crippen LogP contribution >= 0.6 is 0 Å². The Labute approximate surface area is 162 Å². The zero-order valence-electron chi connectivity index (χ0n) is 18.7. The Hall–Kier alpha value is -1.02. The number of rotatable bonds is 8. The van der Waals surface area contributed by atoms with Crippen LogP contribution in [0.15, 0.2) is 12.1 Å². The summed E-state index contributed by atoms with van der Waals surface area (Å²) in [5, 5.41) is 10.9. The molecule has 0 aliphatic carbocycles. The van der Waals surface area contributed by atoms with E-state index in [0.29, 0.717) is 5.92 Å². The Bertz CT molecular complexity index is 526. The summed E-state index contributed by atoms with van der Waals surface area (Å²) in [6.45, 7) is 20.7. The molecule has 0 saturated heterocycles. The summed E-state index contributed by atoms with van der Waals surface area (Å²) in [4.78, 5) is 0. The number of unbranched alkanes of at least 4 members (excludes halogenated alkanes) is 1. The molecule has 2 nitrogen and oxygen atoms in total. The molecule has 1 N–H and O–H groups in total. The normalized spacial score (nSPS) is 15.0. The standard InChI is InChI=1S/C24H42O2/c1-10-12-13-26-22-19(23(4,5)6)15-18(16-20(22)24(7,8)9)21(25)14-17(3)11-2/h15-17,21,25H,10-14H2,1-9H3. The number of ether oxygens (including phenoxy) is 1. The van der Waals surface area contributed by atoms with Crippen molar-refractivity contribution in [1.29, 1.82) is 0 Å². The molecule has 150 valence electrons. The van der Waals surface area contributed by atoms with Gasteiger partial charge in [0.2, 0.25) is 0 Å². The SMILES string of the molecule is CCCCOc1c(C(C)(C)C)cc(C(O)CC(C)CC)cc1C(C)(C)C. The maximum Gasteiger partial charge on any atom is 0.126 e. The summed E-state index contributed by atoms with van der Waals surface area (Å²) in [6, 6.07) is 4.37. The van der Waals surface area contributed by atoms with E-state index in [4.69, 9.17) is 4.74 Å². The number of aliphatic hydroxyl groups is 1. The average molecular weight is 363 g/mol. The summed E-state index contributed by atoms with van der Waals surface area (Å²) < 4.78 is 6.32. The fraction of sp³-hybridized carbons (Fsp3) is 0.750. The molecule has 0 radical (unpaired) electrons. The highest BCUT2D eigenvalue weighted by Crippen LogP contribution is 2.42. The molecule has 1 rings (SSSR count). The molecular formula is C24H42O2. The van der Waals surface area contributed by atoms with Gasteiger partial charge in [-0.15, -0.1) is 0 Å². The Morgan fingerprint density at radius 2 is 1.46 bits per heavy atom. The van der Waals surface area contributed by atoms with E-state index in [2.05, 4.69) is 74.4 Å². The molecule has 0 aliphatic heterocycles. The summed E-state index contributed by atoms with van der Waals surface area (Å²) >= 11 is 0. The molecule has 0 fully saturated rings. The smallest absolute Gasteiger partial charge is 0.126 e. The topological polar surface area (TPSA) is 29.5 Å². The van der Waals surface area contributed by atoms with Gasteiger partial charge >= 0.3 is 0 Å². The first kappa shape index (κ1) is 23.0. The van der Waals surface area contributed by atoms with Gasteiger partial charge in [0, 0.05) is 11.1 Å². The Morgan fingerprint density at radius 1 is 0.962 bits per heavy atom. The van der Waals surface area contributed by atoms with Crippen LogP contribution in [0.4, 0.5) is 0 Å². The van der Waals surface area contributed by atoms with Gasteiger partial charge in [-0.1, -0.05) is 75.2 Å². The van der Waals surface area contributed by atoms with Crippen LogP contribution in [0.2, 0.25) is 0 Å². The second-order valence-corrected chi connectivity index (χ2v) is 9.91. The van der Waals surface area contributed by atoms with Crippen LogP contribution in [0, 0.1) is 5.92 Å². The van der Waals surface area contributed by atoms with Gasteiger partial charge in [0.15, 0.2) is 0 Å². The van der Waals surface area contributed by atoms with Crippen molar-refractivity contribution in [3.05, 3.63) is 28.8 Å². The van der Waals surface area contributed by atoms with Crippen molar-refractivity contribution in [2.24, 2.45) is 5.92 Å². The molecule has 2 unspecified atom stereocenters. The van der Waals surface area contributed by atoms with E-state index in [1.165, 1.54) is 11.1 Å². The quantitative estimate of drug-likeness (QED) is 0.508. The Kier molecular flexibility index (Phi) is 8.20. The van der Waals surface area contributed by atoms with Gasteiger partial charge in [0.05, 0.1) is 12.7 Å². The highest BCUT2D eigenvalue weighted by molar-refractivity contribution is 5.51. The molecule has 1 aromatic rings. The molecule has 0 heterocycles. The van der Waals surface area contributed by atoms with Crippen molar-refractivity contribution in [3.8, 4) is 5.75 Å². The third kappa shape index (κ3) is 6.30. The molecule has 0 spiro atoms. The lowest BCUT2D eigenvalue weighted by atomic mass is 9.77. The highest BCUT2D eigenvalue weighted by Gasteiger charge is 2.29. The summed E-state index contributed by atoms with van der Waals surface area (Å²) in [5.41, 5.74) is 3.38. The minimum Gasteiger partial charge on any atom is -0.493 e. The van der Waals surface area contributed by atoms with Crippen LogP contribution in [0.1, 0.15) is 111 Å². The zero-order chi connectivity index (χ0) is 20.1. The van der Waals surface area contributed by atoms with Crippen LogP contribution in [-0.2, 0) is 10.8 Å². The van der Waals surface area contributed by atoms with Crippen LogP contribution in [0.3, 0.4) is 0 Å². The van der Waals surface area contributed by atoms with Gasteiger partial charge in [-0.2, -0.15) is 0 Å². The predicted molar refractivity (Wildman–Crippen MR) is 113 cm³/mol. The fourth-order valence-electron chi connectivity index (χ4n) is 3.12. The van der Waals surface area contributed by atoms with Crippen LogP contribution in [0.25, 0.3) is 0 Å². The van der Waals surface area contributed by atoms with Crippen molar-refractivity contribution in [2.45, 2.75) is 105 Å². The fourth-order valence-corrected chi connectivity index (χ4v) is 3.12. The van der Waals surface area contributed by atoms with Gasteiger partial charge < -0.3 is 9.84 Å². The largest absolute Gasteiger partial charge is 0.493 e. The van der Waals surface area contributed by atoms with Crippen LogP contribution in [-0.4, -0.2) is 11.7 Å². The molecular weight excluding hydrogens is 320 g/mol. The van der Waals surface area contributed by atoms with E-state index in [-0.39, 0.29) is 10.8 Å². The van der Waals surface area contributed by atoms with E-state index in [0.717, 1.165) is 43.6 Å². The van der Waals surface area contributed by atoms with Crippen molar-refractivity contribution in [2.75, 3.05) is 6.61 Å². The molecule has 0 aliphatic rings. The summed E-state index contributed by atoms with van der Waals surface area (Å²) in [6.07, 6.45) is 3.66. The van der Waals surface area contributed by atoms with Crippen molar-refractivity contribution < 1.29 is 9.84 Å². The lowest BCUT2D eigenvalue weighted by Gasteiger charge is -2.31. The van der Waals surface area contributed by atoms with E-state index in [1.807, 2.05) is 0 Å². The molecule has 0 bridgehead atoms. The van der Waals surface area contributed by atoms with Gasteiger partial charge in [0.25, 0.3) is 0 Å².